The summed E-state index contributed by atoms with van der Waals surface area (Å²) in [5.74, 6) is -1.87. The molecule has 178 valence electrons. The fraction of sp³-hybridized carbons (Fsp3) is 0.350. The van der Waals surface area contributed by atoms with Gasteiger partial charge in [-0.3, -0.25) is 14.5 Å². The highest BCUT2D eigenvalue weighted by molar-refractivity contribution is 7.90. The number of halogens is 3. The minimum Gasteiger partial charge on any atom is -0.467 e. The lowest BCUT2D eigenvalue weighted by molar-refractivity contribution is -0.163. The number of nitrogens with one attached hydrogen (secondary N) is 1. The molecule has 0 bridgehead atoms. The number of rotatable bonds is 7. The molecule has 13 heteroatoms. The first kappa shape index (κ1) is 24.3. The standard InChI is InChI=1S/C20H20F3N3O6S/c1-19(13-5-7-15(8-6-13)33(2,30)31)17(28)26(18(29)24-19)11-16(27)25(12-20(21,22)23)10-14-4-3-9-32-14/h3-9H,10-12H2,1-2H3,(H,24,29). The summed E-state index contributed by atoms with van der Waals surface area (Å²) in [7, 11) is -3.49. The Morgan fingerprint density at radius 1 is 1.18 bits per heavy atom. The van der Waals surface area contributed by atoms with Crippen molar-refractivity contribution in [1.29, 1.82) is 0 Å². The van der Waals surface area contributed by atoms with Gasteiger partial charge in [0.05, 0.1) is 17.7 Å². The van der Waals surface area contributed by atoms with Crippen LogP contribution in [-0.2, 0) is 31.5 Å². The fourth-order valence-electron chi connectivity index (χ4n) is 3.35. The van der Waals surface area contributed by atoms with Crippen LogP contribution in [0.15, 0.2) is 52.0 Å². The predicted octanol–water partition coefficient (Wildman–Crippen LogP) is 2.04. The van der Waals surface area contributed by atoms with Gasteiger partial charge in [0.1, 0.15) is 24.4 Å². The monoisotopic (exact) mass is 487 g/mol. The highest BCUT2D eigenvalue weighted by Crippen LogP contribution is 2.30. The highest BCUT2D eigenvalue weighted by Gasteiger charge is 2.50. The Morgan fingerprint density at radius 3 is 2.33 bits per heavy atom. The van der Waals surface area contributed by atoms with Gasteiger partial charge in [-0.2, -0.15) is 13.2 Å². The van der Waals surface area contributed by atoms with E-state index in [2.05, 4.69) is 5.32 Å². The molecular weight excluding hydrogens is 467 g/mol. The van der Waals surface area contributed by atoms with Gasteiger partial charge in [0.25, 0.3) is 5.91 Å². The smallest absolute Gasteiger partial charge is 0.406 e. The second kappa shape index (κ2) is 8.54. The van der Waals surface area contributed by atoms with Crippen LogP contribution in [0.4, 0.5) is 18.0 Å². The van der Waals surface area contributed by atoms with Crippen LogP contribution in [0.1, 0.15) is 18.2 Å². The molecule has 0 saturated carbocycles. The van der Waals surface area contributed by atoms with Crippen LogP contribution >= 0.6 is 0 Å². The second-order valence-corrected chi connectivity index (χ2v) is 9.70. The minimum atomic E-state index is -4.71. The zero-order chi connectivity index (χ0) is 24.6. The summed E-state index contributed by atoms with van der Waals surface area (Å²) in [6.45, 7) is -1.67. The molecule has 1 saturated heterocycles. The van der Waals surface area contributed by atoms with E-state index in [-0.39, 0.29) is 16.2 Å². The molecule has 1 atom stereocenters. The summed E-state index contributed by atoms with van der Waals surface area (Å²) >= 11 is 0. The Balaban J connectivity index is 1.80. The lowest BCUT2D eigenvalue weighted by atomic mass is 9.92. The number of hydrogen-bond donors (Lipinski definition) is 1. The van der Waals surface area contributed by atoms with Crippen LogP contribution in [-0.4, -0.2) is 61.6 Å². The molecule has 2 heterocycles. The Bertz CT molecular complexity index is 1160. The van der Waals surface area contributed by atoms with Gasteiger partial charge in [-0.15, -0.1) is 0 Å². The number of imide groups is 1. The molecule has 9 nitrogen and oxygen atoms in total. The van der Waals surface area contributed by atoms with Crippen molar-refractivity contribution in [3.05, 3.63) is 54.0 Å². The van der Waals surface area contributed by atoms with E-state index in [0.29, 0.717) is 9.80 Å². The summed E-state index contributed by atoms with van der Waals surface area (Å²) in [6, 6.07) is 7.08. The molecule has 33 heavy (non-hydrogen) atoms. The Morgan fingerprint density at radius 2 is 1.82 bits per heavy atom. The third kappa shape index (κ3) is 5.35. The molecule has 2 aromatic rings. The van der Waals surface area contributed by atoms with Crippen LogP contribution in [0.2, 0.25) is 0 Å². The number of amides is 4. The van der Waals surface area contributed by atoms with Crippen molar-refractivity contribution >= 4 is 27.7 Å². The molecule has 0 radical (unpaired) electrons. The Hall–Kier alpha value is -3.35. The number of urea groups is 1. The maximum atomic E-state index is 13.0. The number of nitrogens with zero attached hydrogens (tertiary/aromatic N) is 2. The van der Waals surface area contributed by atoms with Crippen molar-refractivity contribution in [3.63, 3.8) is 0 Å². The van der Waals surface area contributed by atoms with E-state index < -0.39 is 59.0 Å². The summed E-state index contributed by atoms with van der Waals surface area (Å²) in [5, 5.41) is 2.42. The SMILES string of the molecule is CC1(c2ccc(S(C)(=O)=O)cc2)NC(=O)N(CC(=O)N(Cc2ccco2)CC(F)(F)F)C1=O. The molecule has 1 aliphatic heterocycles. The minimum absolute atomic E-state index is 0.000579. The molecule has 1 aromatic carbocycles. The summed E-state index contributed by atoms with van der Waals surface area (Å²) in [5.41, 5.74) is -1.39. The van der Waals surface area contributed by atoms with E-state index in [0.717, 1.165) is 6.26 Å². The number of sulfone groups is 1. The molecule has 1 unspecified atom stereocenters. The molecular formula is C20H20F3N3O6S. The van der Waals surface area contributed by atoms with Crippen molar-refractivity contribution in [2.45, 2.75) is 30.1 Å². The first-order valence-corrected chi connectivity index (χ1v) is 11.4. The number of alkyl halides is 3. The van der Waals surface area contributed by atoms with E-state index in [1.54, 1.807) is 0 Å². The molecule has 1 fully saturated rings. The number of furan rings is 1. The lowest BCUT2D eigenvalue weighted by Crippen LogP contribution is -2.46. The van der Waals surface area contributed by atoms with Crippen molar-refractivity contribution in [1.82, 2.24) is 15.1 Å². The van der Waals surface area contributed by atoms with Crippen LogP contribution in [0, 0.1) is 0 Å². The topological polar surface area (TPSA) is 117 Å². The van der Waals surface area contributed by atoms with Crippen LogP contribution < -0.4 is 5.32 Å². The van der Waals surface area contributed by atoms with Gasteiger partial charge >= 0.3 is 12.2 Å². The Labute approximate surface area is 187 Å². The van der Waals surface area contributed by atoms with Crippen molar-refractivity contribution in [3.8, 4) is 0 Å². The molecule has 1 aromatic heterocycles. The molecule has 3 rings (SSSR count). The van der Waals surface area contributed by atoms with Gasteiger partial charge in [0, 0.05) is 6.26 Å². The summed E-state index contributed by atoms with van der Waals surface area (Å²) < 4.78 is 67.3. The average Bonchev–Trinajstić information content (AvgIpc) is 3.29. The quantitative estimate of drug-likeness (QED) is 0.598. The van der Waals surface area contributed by atoms with Crippen LogP contribution in [0.25, 0.3) is 0 Å². The zero-order valence-electron chi connectivity index (χ0n) is 17.5. The lowest BCUT2D eigenvalue weighted by Gasteiger charge is -2.25. The molecule has 1 N–H and O–H groups in total. The third-order valence-corrected chi connectivity index (χ3v) is 6.21. The number of benzene rings is 1. The van der Waals surface area contributed by atoms with E-state index in [1.807, 2.05) is 0 Å². The predicted molar refractivity (Wildman–Crippen MR) is 107 cm³/mol. The molecule has 0 spiro atoms. The molecule has 0 aliphatic carbocycles. The number of hydrogen-bond acceptors (Lipinski definition) is 6. The largest absolute Gasteiger partial charge is 0.467 e. The van der Waals surface area contributed by atoms with Gasteiger partial charge in [-0.1, -0.05) is 12.1 Å². The summed E-state index contributed by atoms with van der Waals surface area (Å²) in [6.07, 6.45) is -2.46. The molecule has 4 amide bonds. The number of carbonyl (C=O) groups is 3. The van der Waals surface area contributed by atoms with Gasteiger partial charge in [-0.25, -0.2) is 13.2 Å². The molecule has 1 aliphatic rings. The Kier molecular flexibility index (Phi) is 6.29. The first-order chi connectivity index (χ1) is 15.2. The van der Waals surface area contributed by atoms with Crippen molar-refractivity contribution < 1.29 is 40.4 Å². The summed E-state index contributed by atoms with van der Waals surface area (Å²) in [4.78, 5) is 39.0. The maximum Gasteiger partial charge on any atom is 0.406 e. The third-order valence-electron chi connectivity index (χ3n) is 5.08. The first-order valence-electron chi connectivity index (χ1n) is 9.52. The second-order valence-electron chi connectivity index (χ2n) is 7.69. The maximum absolute atomic E-state index is 13.0. The average molecular weight is 487 g/mol. The van der Waals surface area contributed by atoms with Gasteiger partial charge in [0.15, 0.2) is 9.84 Å². The fourth-order valence-corrected chi connectivity index (χ4v) is 3.98. The van der Waals surface area contributed by atoms with Crippen LogP contribution in [0.3, 0.4) is 0 Å². The van der Waals surface area contributed by atoms with E-state index in [1.165, 1.54) is 49.6 Å². The highest BCUT2D eigenvalue weighted by atomic mass is 32.2. The normalized spacial score (nSPS) is 19.0. The van der Waals surface area contributed by atoms with Crippen molar-refractivity contribution in [2.24, 2.45) is 0 Å². The zero-order valence-corrected chi connectivity index (χ0v) is 18.4. The van der Waals surface area contributed by atoms with E-state index in [4.69, 9.17) is 4.42 Å². The van der Waals surface area contributed by atoms with Gasteiger partial charge in [-0.05, 0) is 36.8 Å². The van der Waals surface area contributed by atoms with Crippen molar-refractivity contribution in [2.75, 3.05) is 19.3 Å². The van der Waals surface area contributed by atoms with E-state index in [9.17, 15) is 36.0 Å². The van der Waals surface area contributed by atoms with Gasteiger partial charge < -0.3 is 14.6 Å². The van der Waals surface area contributed by atoms with Gasteiger partial charge in [0.2, 0.25) is 5.91 Å². The number of carbonyl (C=O) groups excluding carboxylic acids is 3. The van der Waals surface area contributed by atoms with E-state index >= 15 is 0 Å². The van der Waals surface area contributed by atoms with Crippen LogP contribution in [0.5, 0.6) is 0 Å².